The first kappa shape index (κ1) is 21.6. The zero-order valence-corrected chi connectivity index (χ0v) is 17.9. The maximum Gasteiger partial charge on any atom is 0.319 e. The van der Waals surface area contributed by atoms with E-state index >= 15 is 0 Å². The van der Waals surface area contributed by atoms with Gasteiger partial charge in [0.25, 0.3) is 0 Å². The topological polar surface area (TPSA) is 73.9 Å². The minimum atomic E-state index is -0.227. The van der Waals surface area contributed by atoms with Crippen LogP contribution < -0.4 is 15.5 Å². The predicted molar refractivity (Wildman–Crippen MR) is 119 cm³/mol. The molecule has 2 aromatic carbocycles. The van der Waals surface area contributed by atoms with Gasteiger partial charge in [-0.05, 0) is 49.2 Å². The standard InChI is InChI=1S/C23H30N4O3/c1-17-6-4-5-7-21(17)18(2)24-23(29)25-19-8-10-20(11-9-19)27-14-12-26(13-15-27)16-22(28)30-3/h4-11,18H,12-16H2,1-3H3,(H2,24,25,29). The van der Waals surface area contributed by atoms with E-state index < -0.39 is 0 Å². The number of aryl methyl sites for hydroxylation is 1. The lowest BCUT2D eigenvalue weighted by Crippen LogP contribution is -2.48. The van der Waals surface area contributed by atoms with Crippen LogP contribution in [0.1, 0.15) is 24.1 Å². The van der Waals surface area contributed by atoms with Gasteiger partial charge >= 0.3 is 12.0 Å². The molecule has 0 saturated carbocycles. The van der Waals surface area contributed by atoms with E-state index in [1.807, 2.05) is 62.4 Å². The molecule has 1 heterocycles. The zero-order valence-electron chi connectivity index (χ0n) is 17.9. The molecule has 1 aliphatic rings. The number of nitrogens with zero attached hydrogens (tertiary/aromatic N) is 2. The summed E-state index contributed by atoms with van der Waals surface area (Å²) in [7, 11) is 1.41. The van der Waals surface area contributed by atoms with Crippen molar-refractivity contribution in [2.45, 2.75) is 19.9 Å². The summed E-state index contributed by atoms with van der Waals surface area (Å²) in [5, 5.41) is 5.88. The Bertz CT molecular complexity index is 861. The smallest absolute Gasteiger partial charge is 0.319 e. The van der Waals surface area contributed by atoms with Gasteiger partial charge in [-0.15, -0.1) is 0 Å². The Kier molecular flexibility index (Phi) is 7.30. The SMILES string of the molecule is COC(=O)CN1CCN(c2ccc(NC(=O)NC(C)c3ccccc3C)cc2)CC1. The Morgan fingerprint density at radius 3 is 2.33 bits per heavy atom. The van der Waals surface area contributed by atoms with Crippen LogP contribution in [0.5, 0.6) is 0 Å². The molecule has 0 aliphatic carbocycles. The molecule has 160 valence electrons. The molecule has 2 aromatic rings. The molecule has 7 nitrogen and oxygen atoms in total. The average Bonchev–Trinajstić information content (AvgIpc) is 2.75. The highest BCUT2D eigenvalue weighted by atomic mass is 16.5. The van der Waals surface area contributed by atoms with Gasteiger partial charge in [0.05, 0.1) is 19.7 Å². The van der Waals surface area contributed by atoms with Crippen molar-refractivity contribution in [2.24, 2.45) is 0 Å². The second kappa shape index (κ2) is 10.1. The number of benzene rings is 2. The van der Waals surface area contributed by atoms with E-state index in [0.717, 1.165) is 48.7 Å². The Morgan fingerprint density at radius 1 is 1.03 bits per heavy atom. The Hall–Kier alpha value is -3.06. The summed E-state index contributed by atoms with van der Waals surface area (Å²) in [6.07, 6.45) is 0. The number of esters is 1. The molecule has 2 amide bonds. The lowest BCUT2D eigenvalue weighted by molar-refractivity contribution is -0.142. The number of anilines is 2. The summed E-state index contributed by atoms with van der Waals surface area (Å²) < 4.78 is 4.73. The van der Waals surface area contributed by atoms with Crippen LogP contribution in [-0.4, -0.2) is 56.7 Å². The van der Waals surface area contributed by atoms with Gasteiger partial charge in [-0.25, -0.2) is 4.79 Å². The number of carbonyl (C=O) groups excluding carboxylic acids is 2. The number of ether oxygens (including phenoxy) is 1. The van der Waals surface area contributed by atoms with Gasteiger partial charge in [0.1, 0.15) is 0 Å². The van der Waals surface area contributed by atoms with Gasteiger partial charge in [-0.3, -0.25) is 9.69 Å². The lowest BCUT2D eigenvalue weighted by atomic mass is 10.0. The highest BCUT2D eigenvalue weighted by Crippen LogP contribution is 2.20. The molecule has 3 rings (SSSR count). The minimum Gasteiger partial charge on any atom is -0.468 e. The number of hydrogen-bond acceptors (Lipinski definition) is 5. The Balaban J connectivity index is 1.49. The number of methoxy groups -OCH3 is 1. The van der Waals surface area contributed by atoms with Crippen molar-refractivity contribution in [3.8, 4) is 0 Å². The number of carbonyl (C=O) groups is 2. The quantitative estimate of drug-likeness (QED) is 0.716. The monoisotopic (exact) mass is 410 g/mol. The summed E-state index contributed by atoms with van der Waals surface area (Å²) in [4.78, 5) is 28.1. The molecule has 0 spiro atoms. The van der Waals surface area contributed by atoms with Gasteiger partial charge < -0.3 is 20.3 Å². The summed E-state index contributed by atoms with van der Waals surface area (Å²) in [5.41, 5.74) is 4.11. The number of rotatable bonds is 6. The van der Waals surface area contributed by atoms with Crippen molar-refractivity contribution in [1.29, 1.82) is 0 Å². The van der Waals surface area contributed by atoms with Gasteiger partial charge in [0.15, 0.2) is 0 Å². The van der Waals surface area contributed by atoms with Crippen LogP contribution >= 0.6 is 0 Å². The van der Waals surface area contributed by atoms with E-state index in [2.05, 4.69) is 20.4 Å². The third-order valence-electron chi connectivity index (χ3n) is 5.45. The maximum atomic E-state index is 12.4. The molecular weight excluding hydrogens is 380 g/mol. The fourth-order valence-corrected chi connectivity index (χ4v) is 3.68. The van der Waals surface area contributed by atoms with Crippen LogP contribution in [0.3, 0.4) is 0 Å². The zero-order chi connectivity index (χ0) is 21.5. The number of nitrogens with one attached hydrogen (secondary N) is 2. The third-order valence-corrected chi connectivity index (χ3v) is 5.45. The minimum absolute atomic E-state index is 0.0771. The highest BCUT2D eigenvalue weighted by Gasteiger charge is 2.19. The maximum absolute atomic E-state index is 12.4. The van der Waals surface area contributed by atoms with Gasteiger partial charge in [-0.1, -0.05) is 24.3 Å². The molecule has 7 heteroatoms. The molecule has 1 fully saturated rings. The van der Waals surface area contributed by atoms with Crippen molar-refractivity contribution < 1.29 is 14.3 Å². The van der Waals surface area contributed by atoms with E-state index in [1.165, 1.54) is 7.11 Å². The predicted octanol–water partition coefficient (Wildman–Crippen LogP) is 3.17. The molecule has 0 aromatic heterocycles. The third kappa shape index (κ3) is 5.73. The molecule has 0 radical (unpaired) electrons. The molecule has 30 heavy (non-hydrogen) atoms. The Labute approximate surface area is 178 Å². The van der Waals surface area contributed by atoms with Crippen molar-refractivity contribution >= 4 is 23.4 Å². The molecular formula is C23H30N4O3. The summed E-state index contributed by atoms with van der Waals surface area (Å²) in [6.45, 7) is 7.67. The molecule has 2 N–H and O–H groups in total. The van der Waals surface area contributed by atoms with Crippen molar-refractivity contribution in [2.75, 3.05) is 50.1 Å². The van der Waals surface area contributed by atoms with Crippen LogP contribution in [0.25, 0.3) is 0 Å². The van der Waals surface area contributed by atoms with Crippen molar-refractivity contribution in [3.05, 3.63) is 59.7 Å². The summed E-state index contributed by atoms with van der Waals surface area (Å²) in [6, 6.07) is 15.6. The van der Waals surface area contributed by atoms with E-state index in [-0.39, 0.29) is 18.0 Å². The fraction of sp³-hybridized carbons (Fsp3) is 0.391. The van der Waals surface area contributed by atoms with Gasteiger partial charge in [0, 0.05) is 37.6 Å². The number of hydrogen-bond donors (Lipinski definition) is 2. The van der Waals surface area contributed by atoms with Crippen LogP contribution in [0.4, 0.5) is 16.2 Å². The molecule has 1 atom stereocenters. The van der Waals surface area contributed by atoms with E-state index in [0.29, 0.717) is 6.54 Å². The van der Waals surface area contributed by atoms with E-state index in [1.54, 1.807) is 0 Å². The molecule has 0 bridgehead atoms. The lowest BCUT2D eigenvalue weighted by Gasteiger charge is -2.35. The van der Waals surface area contributed by atoms with Gasteiger partial charge in [-0.2, -0.15) is 0 Å². The average molecular weight is 411 g/mol. The number of urea groups is 1. The highest BCUT2D eigenvalue weighted by molar-refractivity contribution is 5.89. The van der Waals surface area contributed by atoms with Crippen LogP contribution in [0.2, 0.25) is 0 Å². The molecule has 1 saturated heterocycles. The first-order chi connectivity index (χ1) is 14.5. The summed E-state index contributed by atoms with van der Waals surface area (Å²) >= 11 is 0. The second-order valence-electron chi connectivity index (χ2n) is 7.56. The van der Waals surface area contributed by atoms with Crippen molar-refractivity contribution in [1.82, 2.24) is 10.2 Å². The normalized spacial score (nSPS) is 15.4. The fourth-order valence-electron chi connectivity index (χ4n) is 3.68. The molecule has 1 unspecified atom stereocenters. The van der Waals surface area contributed by atoms with Crippen LogP contribution in [0, 0.1) is 6.92 Å². The molecule has 1 aliphatic heterocycles. The Morgan fingerprint density at radius 2 is 1.70 bits per heavy atom. The van der Waals surface area contributed by atoms with E-state index in [4.69, 9.17) is 4.74 Å². The first-order valence-corrected chi connectivity index (χ1v) is 10.2. The summed E-state index contributed by atoms with van der Waals surface area (Å²) in [5.74, 6) is -0.200. The first-order valence-electron chi connectivity index (χ1n) is 10.2. The second-order valence-corrected chi connectivity index (χ2v) is 7.56. The largest absolute Gasteiger partial charge is 0.468 e. The van der Waals surface area contributed by atoms with E-state index in [9.17, 15) is 9.59 Å². The number of piperazine rings is 1. The number of amides is 2. The van der Waals surface area contributed by atoms with Gasteiger partial charge in [0.2, 0.25) is 0 Å². The van der Waals surface area contributed by atoms with Crippen LogP contribution in [0.15, 0.2) is 48.5 Å². The van der Waals surface area contributed by atoms with Crippen LogP contribution in [-0.2, 0) is 9.53 Å². The van der Waals surface area contributed by atoms with Crippen molar-refractivity contribution in [3.63, 3.8) is 0 Å².